The molecule has 0 bridgehead atoms. The third kappa shape index (κ3) is 3.25. The zero-order valence-corrected chi connectivity index (χ0v) is 14.2. The van der Waals surface area contributed by atoms with Crippen LogP contribution in [0.1, 0.15) is 41.4 Å². The van der Waals surface area contributed by atoms with Crippen LogP contribution in [-0.2, 0) is 4.79 Å². The van der Waals surface area contributed by atoms with E-state index >= 15 is 0 Å². The summed E-state index contributed by atoms with van der Waals surface area (Å²) in [5.41, 5.74) is 3.26. The van der Waals surface area contributed by atoms with E-state index < -0.39 is 11.9 Å². The first-order valence-corrected chi connectivity index (χ1v) is 8.28. The standard InChI is InChI=1S/C19H22N2O3/c1-11-4-5-14-9-16(13(3)20-17(14)8-11)18(22)21(15-6-7-15)10-12(2)19(23)24/h4-5,8-9,12,15H,6-7,10H2,1-3H3,(H,23,24). The van der Waals surface area contributed by atoms with Gasteiger partial charge in [0, 0.05) is 18.0 Å². The van der Waals surface area contributed by atoms with Gasteiger partial charge in [-0.15, -0.1) is 0 Å². The number of aryl methyl sites for hydroxylation is 2. The van der Waals surface area contributed by atoms with E-state index in [1.54, 1.807) is 11.8 Å². The van der Waals surface area contributed by atoms with Crippen LogP contribution in [0, 0.1) is 19.8 Å². The molecule has 1 aliphatic rings. The van der Waals surface area contributed by atoms with Gasteiger partial charge >= 0.3 is 5.97 Å². The van der Waals surface area contributed by atoms with Gasteiger partial charge in [-0.25, -0.2) is 0 Å². The number of carboxylic acid groups (broad SMARTS) is 1. The first-order chi connectivity index (χ1) is 11.4. The van der Waals surface area contributed by atoms with Gasteiger partial charge in [-0.2, -0.15) is 0 Å². The van der Waals surface area contributed by atoms with Gasteiger partial charge in [-0.05, 0) is 44.4 Å². The molecule has 5 heteroatoms. The third-order valence-electron chi connectivity index (χ3n) is 4.53. The largest absolute Gasteiger partial charge is 0.481 e. The normalized spacial score (nSPS) is 15.3. The van der Waals surface area contributed by atoms with Gasteiger partial charge < -0.3 is 10.0 Å². The molecule has 24 heavy (non-hydrogen) atoms. The molecule has 0 spiro atoms. The Morgan fingerprint density at radius 2 is 2.00 bits per heavy atom. The van der Waals surface area contributed by atoms with Crippen LogP contribution >= 0.6 is 0 Å². The predicted octanol–water partition coefficient (Wildman–Crippen LogP) is 3.18. The fourth-order valence-electron chi connectivity index (χ4n) is 2.90. The Balaban J connectivity index is 1.95. The molecule has 1 aromatic heterocycles. The average Bonchev–Trinajstić information content (AvgIpc) is 3.35. The zero-order valence-electron chi connectivity index (χ0n) is 14.2. The number of nitrogens with zero attached hydrogens (tertiary/aromatic N) is 2. The summed E-state index contributed by atoms with van der Waals surface area (Å²) in [5, 5.41) is 10.1. The molecule has 3 rings (SSSR count). The van der Waals surface area contributed by atoms with Crippen molar-refractivity contribution in [3.8, 4) is 0 Å². The van der Waals surface area contributed by atoms with Crippen molar-refractivity contribution in [1.82, 2.24) is 9.88 Å². The molecule has 0 saturated heterocycles. The highest BCUT2D eigenvalue weighted by atomic mass is 16.4. The Labute approximate surface area is 141 Å². The highest BCUT2D eigenvalue weighted by Crippen LogP contribution is 2.30. The molecule has 1 fully saturated rings. The molecule has 1 heterocycles. The molecule has 1 aromatic carbocycles. The summed E-state index contributed by atoms with van der Waals surface area (Å²) in [4.78, 5) is 30.5. The maximum Gasteiger partial charge on any atom is 0.308 e. The van der Waals surface area contributed by atoms with Gasteiger partial charge in [-0.3, -0.25) is 14.6 Å². The molecule has 1 saturated carbocycles. The predicted molar refractivity (Wildman–Crippen MR) is 92.1 cm³/mol. The number of hydrogen-bond donors (Lipinski definition) is 1. The van der Waals surface area contributed by atoms with Gasteiger partial charge in [0.15, 0.2) is 0 Å². The van der Waals surface area contributed by atoms with Crippen LogP contribution in [-0.4, -0.2) is 39.5 Å². The lowest BCUT2D eigenvalue weighted by molar-refractivity contribution is -0.141. The number of benzene rings is 1. The lowest BCUT2D eigenvalue weighted by atomic mass is 10.1. The van der Waals surface area contributed by atoms with Crippen molar-refractivity contribution in [1.29, 1.82) is 0 Å². The molecule has 5 nitrogen and oxygen atoms in total. The Hall–Kier alpha value is -2.43. The Kier molecular flexibility index (Phi) is 4.26. The van der Waals surface area contributed by atoms with Crippen LogP contribution in [0.2, 0.25) is 0 Å². The van der Waals surface area contributed by atoms with E-state index in [4.69, 9.17) is 5.11 Å². The van der Waals surface area contributed by atoms with E-state index in [2.05, 4.69) is 4.98 Å². The smallest absolute Gasteiger partial charge is 0.308 e. The van der Waals surface area contributed by atoms with Crippen molar-refractivity contribution in [2.45, 2.75) is 39.7 Å². The topological polar surface area (TPSA) is 70.5 Å². The molecule has 2 aromatic rings. The number of hydrogen-bond acceptors (Lipinski definition) is 3. The second-order valence-electron chi connectivity index (χ2n) is 6.75. The van der Waals surface area contributed by atoms with Crippen molar-refractivity contribution in [3.05, 3.63) is 41.1 Å². The highest BCUT2D eigenvalue weighted by molar-refractivity contribution is 5.99. The van der Waals surface area contributed by atoms with E-state index in [9.17, 15) is 9.59 Å². The molecule has 1 unspecified atom stereocenters. The fraction of sp³-hybridized carbons (Fsp3) is 0.421. The van der Waals surface area contributed by atoms with E-state index in [1.807, 2.05) is 38.1 Å². The summed E-state index contributed by atoms with van der Waals surface area (Å²) < 4.78 is 0. The Morgan fingerprint density at radius 1 is 1.29 bits per heavy atom. The Bertz CT molecular complexity index is 812. The Morgan fingerprint density at radius 3 is 2.62 bits per heavy atom. The third-order valence-corrected chi connectivity index (χ3v) is 4.53. The maximum absolute atomic E-state index is 13.0. The molecule has 1 atom stereocenters. The summed E-state index contributed by atoms with van der Waals surface area (Å²) >= 11 is 0. The van der Waals surface area contributed by atoms with Crippen LogP contribution < -0.4 is 0 Å². The molecule has 1 amide bonds. The minimum absolute atomic E-state index is 0.113. The van der Waals surface area contributed by atoms with Gasteiger partial charge in [-0.1, -0.05) is 19.1 Å². The first kappa shape index (κ1) is 16.4. The summed E-state index contributed by atoms with van der Waals surface area (Å²) in [6.07, 6.45) is 1.88. The molecule has 1 N–H and O–H groups in total. The van der Waals surface area contributed by atoms with Gasteiger partial charge in [0.1, 0.15) is 0 Å². The van der Waals surface area contributed by atoms with Crippen LogP contribution in [0.25, 0.3) is 10.9 Å². The molecule has 0 aliphatic heterocycles. The van der Waals surface area contributed by atoms with Crippen molar-refractivity contribution < 1.29 is 14.7 Å². The summed E-state index contributed by atoms with van der Waals surface area (Å²) in [5.74, 6) is -1.57. The summed E-state index contributed by atoms with van der Waals surface area (Å²) in [7, 11) is 0. The van der Waals surface area contributed by atoms with Crippen LogP contribution in [0.4, 0.5) is 0 Å². The average molecular weight is 326 g/mol. The number of pyridine rings is 1. The monoisotopic (exact) mass is 326 g/mol. The van der Waals surface area contributed by atoms with Gasteiger partial charge in [0.2, 0.25) is 0 Å². The summed E-state index contributed by atoms with van der Waals surface area (Å²) in [6, 6.07) is 8.00. The van der Waals surface area contributed by atoms with Crippen molar-refractivity contribution in [3.63, 3.8) is 0 Å². The number of aliphatic carboxylic acids is 1. The zero-order chi connectivity index (χ0) is 17.4. The number of carbonyl (C=O) groups excluding carboxylic acids is 1. The number of aromatic nitrogens is 1. The number of carbonyl (C=O) groups is 2. The second-order valence-corrected chi connectivity index (χ2v) is 6.75. The van der Waals surface area contributed by atoms with Crippen LogP contribution in [0.15, 0.2) is 24.3 Å². The minimum Gasteiger partial charge on any atom is -0.481 e. The number of carboxylic acids is 1. The van der Waals surface area contributed by atoms with Crippen LogP contribution in [0.5, 0.6) is 0 Å². The molecular weight excluding hydrogens is 304 g/mol. The lowest BCUT2D eigenvalue weighted by Crippen LogP contribution is -2.39. The van der Waals surface area contributed by atoms with Crippen LogP contribution in [0.3, 0.4) is 0 Å². The lowest BCUT2D eigenvalue weighted by Gasteiger charge is -2.25. The molecule has 126 valence electrons. The van der Waals surface area contributed by atoms with Gasteiger partial charge in [0.25, 0.3) is 5.91 Å². The van der Waals surface area contributed by atoms with Crippen molar-refractivity contribution in [2.24, 2.45) is 5.92 Å². The second kappa shape index (κ2) is 6.23. The first-order valence-electron chi connectivity index (χ1n) is 8.28. The molecular formula is C19H22N2O3. The number of amides is 1. The highest BCUT2D eigenvalue weighted by Gasteiger charge is 2.35. The SMILES string of the molecule is Cc1ccc2cc(C(=O)N(CC(C)C(=O)O)C3CC3)c(C)nc2c1. The van der Waals surface area contributed by atoms with Crippen molar-refractivity contribution >= 4 is 22.8 Å². The molecule has 1 aliphatic carbocycles. The van der Waals surface area contributed by atoms with Crippen molar-refractivity contribution in [2.75, 3.05) is 6.54 Å². The fourth-order valence-corrected chi connectivity index (χ4v) is 2.90. The number of rotatable bonds is 5. The summed E-state index contributed by atoms with van der Waals surface area (Å²) in [6.45, 7) is 5.72. The van der Waals surface area contributed by atoms with Gasteiger partial charge in [0.05, 0.1) is 22.7 Å². The molecule has 0 radical (unpaired) electrons. The van der Waals surface area contributed by atoms with E-state index in [-0.39, 0.29) is 18.5 Å². The quantitative estimate of drug-likeness (QED) is 0.916. The van der Waals surface area contributed by atoms with E-state index in [0.717, 1.165) is 29.3 Å². The minimum atomic E-state index is -0.878. The maximum atomic E-state index is 13.0. The van der Waals surface area contributed by atoms with E-state index in [0.29, 0.717) is 11.3 Å². The van der Waals surface area contributed by atoms with E-state index in [1.165, 1.54) is 0 Å². The number of fused-ring (bicyclic) bond motifs is 1.